The van der Waals surface area contributed by atoms with Gasteiger partial charge >= 0.3 is 12.2 Å². The molecule has 0 spiro atoms. The van der Waals surface area contributed by atoms with E-state index in [4.69, 9.17) is 9.84 Å². The molecule has 182 valence electrons. The SMILES string of the molecule is CC(C)(C)n1nc([C@H]2CC[C@@H](N(C(=O)O)C34CC(C3)C4)C2)cc1NC(=O)OCc1ccccc1. The number of rotatable bonds is 6. The minimum Gasteiger partial charge on any atom is -0.465 e. The lowest BCUT2D eigenvalue weighted by Crippen LogP contribution is -2.71. The third kappa shape index (κ3) is 4.14. The highest BCUT2D eigenvalue weighted by Crippen LogP contribution is 2.62. The van der Waals surface area contributed by atoms with E-state index in [1.165, 1.54) is 0 Å². The number of anilines is 1. The van der Waals surface area contributed by atoms with Crippen molar-refractivity contribution in [1.29, 1.82) is 0 Å². The van der Waals surface area contributed by atoms with Crippen molar-refractivity contribution in [3.8, 4) is 0 Å². The second-order valence-electron chi connectivity index (χ2n) is 11.2. The first-order valence-electron chi connectivity index (χ1n) is 12.2. The van der Waals surface area contributed by atoms with Crippen molar-refractivity contribution in [2.75, 3.05) is 5.32 Å². The van der Waals surface area contributed by atoms with Crippen LogP contribution in [0.2, 0.25) is 0 Å². The van der Waals surface area contributed by atoms with Gasteiger partial charge in [-0.15, -0.1) is 0 Å². The molecule has 8 nitrogen and oxygen atoms in total. The highest BCUT2D eigenvalue weighted by Gasteiger charge is 2.63. The Morgan fingerprint density at radius 2 is 1.91 bits per heavy atom. The number of carbonyl (C=O) groups is 2. The number of aromatic nitrogens is 2. The molecule has 1 aromatic carbocycles. The van der Waals surface area contributed by atoms with Crippen LogP contribution >= 0.6 is 0 Å². The fraction of sp³-hybridized carbons (Fsp3) is 0.577. The second kappa shape index (κ2) is 8.32. The Balaban J connectivity index is 1.28. The molecule has 2 amide bonds. The second-order valence-corrected chi connectivity index (χ2v) is 11.2. The standard InChI is InChI=1S/C26H34N4O4/c1-25(2,3)30-22(27-23(31)34-16-17-7-5-4-6-8-17)12-21(28-30)19-9-10-20(11-19)29(24(32)33)26-13-18(14-26)15-26/h4-8,12,18-20H,9-11,13-16H2,1-3H3,(H,27,31)(H,32,33)/t18?,19-,20+,26?/m0/s1. The molecule has 8 heteroatoms. The van der Waals surface area contributed by atoms with Gasteiger partial charge in [0.05, 0.1) is 11.2 Å². The van der Waals surface area contributed by atoms with E-state index in [9.17, 15) is 14.7 Å². The normalized spacial score (nSPS) is 27.4. The fourth-order valence-electron chi connectivity index (χ4n) is 6.00. The van der Waals surface area contributed by atoms with Gasteiger partial charge in [-0.2, -0.15) is 5.10 Å². The molecule has 0 unspecified atom stereocenters. The van der Waals surface area contributed by atoms with Crippen molar-refractivity contribution in [3.63, 3.8) is 0 Å². The van der Waals surface area contributed by atoms with Crippen LogP contribution in [0.5, 0.6) is 0 Å². The molecule has 0 saturated heterocycles. The molecule has 0 radical (unpaired) electrons. The number of hydrogen-bond acceptors (Lipinski definition) is 4. The maximum absolute atomic E-state index is 12.5. The van der Waals surface area contributed by atoms with Gasteiger partial charge in [0.15, 0.2) is 0 Å². The Kier molecular flexibility index (Phi) is 5.57. The summed E-state index contributed by atoms with van der Waals surface area (Å²) in [6.07, 6.45) is 4.30. The Morgan fingerprint density at radius 1 is 1.21 bits per heavy atom. The van der Waals surface area contributed by atoms with Crippen molar-refractivity contribution < 1.29 is 19.4 Å². The molecular weight excluding hydrogens is 432 g/mol. The lowest BCUT2D eigenvalue weighted by molar-refractivity contribution is -0.142. The Bertz CT molecular complexity index is 1060. The van der Waals surface area contributed by atoms with Crippen LogP contribution in [0.25, 0.3) is 0 Å². The van der Waals surface area contributed by atoms with E-state index in [2.05, 4.69) is 5.32 Å². The lowest BCUT2D eigenvalue weighted by Gasteiger charge is -2.66. The van der Waals surface area contributed by atoms with Gasteiger partial charge in [-0.1, -0.05) is 30.3 Å². The monoisotopic (exact) mass is 466 g/mol. The summed E-state index contributed by atoms with van der Waals surface area (Å²) in [7, 11) is 0. The molecule has 6 rings (SSSR count). The Morgan fingerprint density at radius 3 is 2.50 bits per heavy atom. The molecule has 4 fully saturated rings. The van der Waals surface area contributed by atoms with Gasteiger partial charge in [-0.25, -0.2) is 14.3 Å². The minimum atomic E-state index is -0.785. The number of amides is 2. The quantitative estimate of drug-likeness (QED) is 0.581. The predicted octanol–water partition coefficient (Wildman–Crippen LogP) is 5.56. The van der Waals surface area contributed by atoms with E-state index in [0.717, 1.165) is 55.7 Å². The van der Waals surface area contributed by atoms with Gasteiger partial charge in [-0.05, 0) is 70.8 Å². The first kappa shape index (κ1) is 22.7. The predicted molar refractivity (Wildman–Crippen MR) is 128 cm³/mol. The largest absolute Gasteiger partial charge is 0.465 e. The third-order valence-electron chi connectivity index (χ3n) is 7.72. The average molecular weight is 467 g/mol. The summed E-state index contributed by atoms with van der Waals surface area (Å²) >= 11 is 0. The summed E-state index contributed by atoms with van der Waals surface area (Å²) < 4.78 is 7.24. The smallest absolute Gasteiger partial charge is 0.413 e. The molecule has 2 atom stereocenters. The number of nitrogens with one attached hydrogen (secondary N) is 1. The van der Waals surface area contributed by atoms with Crippen molar-refractivity contribution >= 4 is 18.0 Å². The maximum atomic E-state index is 12.5. The molecule has 4 saturated carbocycles. The summed E-state index contributed by atoms with van der Waals surface area (Å²) in [5.41, 5.74) is 1.39. The van der Waals surface area contributed by atoms with Crippen LogP contribution in [0.3, 0.4) is 0 Å². The van der Waals surface area contributed by atoms with E-state index in [1.54, 1.807) is 4.90 Å². The lowest BCUT2D eigenvalue weighted by atomic mass is 9.49. The van der Waals surface area contributed by atoms with E-state index in [-0.39, 0.29) is 29.6 Å². The topological polar surface area (TPSA) is 96.7 Å². The number of carbonyl (C=O) groups excluding carboxylic acids is 1. The van der Waals surface area contributed by atoms with Crippen LogP contribution in [-0.4, -0.2) is 43.6 Å². The van der Waals surface area contributed by atoms with Gasteiger partial charge < -0.3 is 9.84 Å². The van der Waals surface area contributed by atoms with Crippen molar-refractivity contribution in [1.82, 2.24) is 14.7 Å². The van der Waals surface area contributed by atoms with Gasteiger partial charge in [0.2, 0.25) is 0 Å². The molecule has 2 N–H and O–H groups in total. The molecule has 2 bridgehead atoms. The summed E-state index contributed by atoms with van der Waals surface area (Å²) in [5, 5.41) is 17.7. The zero-order valence-corrected chi connectivity index (χ0v) is 20.2. The zero-order chi connectivity index (χ0) is 24.1. The van der Waals surface area contributed by atoms with Crippen LogP contribution in [0.1, 0.15) is 76.5 Å². The first-order valence-corrected chi connectivity index (χ1v) is 12.2. The minimum absolute atomic E-state index is 0.0378. The van der Waals surface area contributed by atoms with Crippen LogP contribution in [0.4, 0.5) is 15.4 Å². The van der Waals surface area contributed by atoms with E-state index in [1.807, 2.05) is 61.9 Å². The summed E-state index contributed by atoms with van der Waals surface area (Å²) in [6, 6.07) is 11.5. The maximum Gasteiger partial charge on any atom is 0.413 e. The van der Waals surface area contributed by atoms with Crippen LogP contribution in [0, 0.1) is 5.92 Å². The van der Waals surface area contributed by atoms with Crippen LogP contribution in [-0.2, 0) is 16.9 Å². The van der Waals surface area contributed by atoms with Gasteiger partial charge in [0.25, 0.3) is 0 Å². The van der Waals surface area contributed by atoms with Crippen molar-refractivity contribution in [3.05, 3.63) is 47.7 Å². The average Bonchev–Trinajstić information content (AvgIpc) is 3.35. The number of carboxylic acid groups (broad SMARTS) is 1. The van der Waals surface area contributed by atoms with E-state index >= 15 is 0 Å². The zero-order valence-electron chi connectivity index (χ0n) is 20.2. The van der Waals surface area contributed by atoms with Gasteiger partial charge in [-0.3, -0.25) is 10.2 Å². The van der Waals surface area contributed by atoms with E-state index in [0.29, 0.717) is 5.82 Å². The van der Waals surface area contributed by atoms with Crippen molar-refractivity contribution in [2.24, 2.45) is 5.92 Å². The molecule has 4 aliphatic rings. The van der Waals surface area contributed by atoms with Crippen LogP contribution < -0.4 is 5.32 Å². The molecule has 0 aliphatic heterocycles. The summed E-state index contributed by atoms with van der Waals surface area (Å²) in [4.78, 5) is 26.4. The molecule has 1 aromatic heterocycles. The fourth-order valence-corrected chi connectivity index (χ4v) is 6.00. The highest BCUT2D eigenvalue weighted by molar-refractivity contribution is 5.83. The molecule has 1 heterocycles. The number of nitrogens with zero attached hydrogens (tertiary/aromatic N) is 3. The third-order valence-corrected chi connectivity index (χ3v) is 7.72. The Hall–Kier alpha value is -3.03. The molecule has 34 heavy (non-hydrogen) atoms. The summed E-state index contributed by atoms with van der Waals surface area (Å²) in [6.45, 7) is 6.31. The number of hydrogen-bond donors (Lipinski definition) is 2. The summed E-state index contributed by atoms with van der Waals surface area (Å²) in [5.74, 6) is 1.50. The van der Waals surface area contributed by atoms with Crippen molar-refractivity contribution in [2.45, 2.75) is 88.9 Å². The molecule has 4 aliphatic carbocycles. The molecule has 2 aromatic rings. The highest BCUT2D eigenvalue weighted by atomic mass is 16.5. The number of ether oxygens (including phenoxy) is 1. The van der Waals surface area contributed by atoms with Gasteiger partial charge in [0, 0.05) is 23.6 Å². The Labute approximate surface area is 200 Å². The first-order chi connectivity index (χ1) is 16.1. The molecular formula is C26H34N4O4. The number of benzene rings is 1. The van der Waals surface area contributed by atoms with Crippen LogP contribution in [0.15, 0.2) is 36.4 Å². The van der Waals surface area contributed by atoms with E-state index < -0.39 is 12.2 Å². The van der Waals surface area contributed by atoms with Gasteiger partial charge in [0.1, 0.15) is 12.4 Å².